The molecule has 5 heteroatoms. The molecule has 1 aromatic heterocycles. The molecule has 1 heterocycles. The van der Waals surface area contributed by atoms with Gasteiger partial charge in [-0.1, -0.05) is 23.7 Å². The number of halogens is 1. The summed E-state index contributed by atoms with van der Waals surface area (Å²) in [7, 11) is 0. The van der Waals surface area contributed by atoms with E-state index in [2.05, 4.69) is 4.98 Å². The molecule has 0 saturated carbocycles. The molecule has 0 unspecified atom stereocenters. The van der Waals surface area contributed by atoms with Crippen LogP contribution in [-0.4, -0.2) is 16.1 Å². The molecule has 0 aliphatic heterocycles. The Labute approximate surface area is 101 Å². The van der Waals surface area contributed by atoms with Crippen LogP contribution in [-0.2, 0) is 0 Å². The van der Waals surface area contributed by atoms with Gasteiger partial charge in [-0.05, 0) is 17.7 Å². The second kappa shape index (κ2) is 4.43. The number of hydrogen-bond donors (Lipinski definition) is 2. The normalized spacial score (nSPS) is 10.2. The van der Waals surface area contributed by atoms with Crippen molar-refractivity contribution >= 4 is 17.6 Å². The maximum Gasteiger partial charge on any atom is 0.341 e. The number of aromatic carboxylic acids is 1. The molecule has 0 aliphatic rings. The molecule has 0 atom stereocenters. The first kappa shape index (κ1) is 11.4. The van der Waals surface area contributed by atoms with E-state index in [9.17, 15) is 9.59 Å². The van der Waals surface area contributed by atoms with E-state index in [1.54, 1.807) is 24.3 Å². The first-order chi connectivity index (χ1) is 8.09. The largest absolute Gasteiger partial charge is 0.477 e. The maximum atomic E-state index is 11.5. The molecular weight excluding hydrogens is 242 g/mol. The third kappa shape index (κ3) is 2.21. The standard InChI is InChI=1S/C12H8ClNO3/c13-8-3-1-7(2-4-8)11-10(12(16)17)9(15)5-6-14-11/h1-6H,(H,14,15)(H,16,17). The van der Waals surface area contributed by atoms with Crippen LogP contribution >= 0.6 is 11.6 Å². The van der Waals surface area contributed by atoms with Crippen molar-refractivity contribution in [3.8, 4) is 11.3 Å². The Hall–Kier alpha value is -2.07. The summed E-state index contributed by atoms with van der Waals surface area (Å²) >= 11 is 5.74. The van der Waals surface area contributed by atoms with Gasteiger partial charge in [0, 0.05) is 17.3 Å². The predicted octanol–water partition coefficient (Wildman–Crippen LogP) is 2.39. The lowest BCUT2D eigenvalue weighted by molar-refractivity contribution is 0.0696. The summed E-state index contributed by atoms with van der Waals surface area (Å²) in [5, 5.41) is 9.56. The zero-order chi connectivity index (χ0) is 12.4. The summed E-state index contributed by atoms with van der Waals surface area (Å²) in [6.07, 6.45) is 1.42. The first-order valence-corrected chi connectivity index (χ1v) is 5.18. The van der Waals surface area contributed by atoms with Gasteiger partial charge >= 0.3 is 5.97 Å². The summed E-state index contributed by atoms with van der Waals surface area (Å²) in [4.78, 5) is 25.3. The van der Waals surface area contributed by atoms with Crippen LogP contribution in [0.15, 0.2) is 41.3 Å². The van der Waals surface area contributed by atoms with Crippen LogP contribution in [0.2, 0.25) is 5.02 Å². The molecule has 17 heavy (non-hydrogen) atoms. The van der Waals surface area contributed by atoms with Gasteiger partial charge in [-0.25, -0.2) is 4.79 Å². The van der Waals surface area contributed by atoms with Crippen molar-refractivity contribution in [2.45, 2.75) is 0 Å². The molecule has 0 aliphatic carbocycles. The van der Waals surface area contributed by atoms with Gasteiger partial charge in [-0.2, -0.15) is 0 Å². The van der Waals surface area contributed by atoms with Crippen molar-refractivity contribution in [2.24, 2.45) is 0 Å². The lowest BCUT2D eigenvalue weighted by Gasteiger charge is -2.05. The number of rotatable bonds is 2. The fraction of sp³-hybridized carbons (Fsp3) is 0. The molecule has 4 nitrogen and oxygen atoms in total. The zero-order valence-electron chi connectivity index (χ0n) is 8.61. The van der Waals surface area contributed by atoms with E-state index >= 15 is 0 Å². The van der Waals surface area contributed by atoms with Gasteiger partial charge in [0.15, 0.2) is 5.43 Å². The van der Waals surface area contributed by atoms with Gasteiger partial charge in [-0.3, -0.25) is 4.79 Å². The van der Waals surface area contributed by atoms with Crippen LogP contribution in [0.1, 0.15) is 10.4 Å². The zero-order valence-corrected chi connectivity index (χ0v) is 9.36. The van der Waals surface area contributed by atoms with Crippen molar-refractivity contribution in [1.29, 1.82) is 0 Å². The van der Waals surface area contributed by atoms with Crippen LogP contribution in [0.25, 0.3) is 11.3 Å². The Balaban J connectivity index is 2.67. The van der Waals surface area contributed by atoms with E-state index in [4.69, 9.17) is 16.7 Å². The van der Waals surface area contributed by atoms with Crippen LogP contribution in [0.5, 0.6) is 0 Å². The van der Waals surface area contributed by atoms with E-state index in [0.29, 0.717) is 10.6 Å². The molecule has 0 spiro atoms. The number of carboxylic acid groups (broad SMARTS) is 1. The molecular formula is C12H8ClNO3. The SMILES string of the molecule is O=C(O)c1c(-c2ccc(Cl)cc2)[nH]ccc1=O. The van der Waals surface area contributed by atoms with Crippen molar-refractivity contribution in [1.82, 2.24) is 4.98 Å². The Morgan fingerprint density at radius 2 is 1.82 bits per heavy atom. The van der Waals surface area contributed by atoms with E-state index in [1.807, 2.05) is 0 Å². The summed E-state index contributed by atoms with van der Waals surface area (Å²) in [6.45, 7) is 0. The number of benzene rings is 1. The monoisotopic (exact) mass is 249 g/mol. The molecule has 2 rings (SSSR count). The van der Waals surface area contributed by atoms with Crippen molar-refractivity contribution < 1.29 is 9.90 Å². The predicted molar refractivity (Wildman–Crippen MR) is 64.5 cm³/mol. The Bertz CT molecular complexity index is 616. The summed E-state index contributed by atoms with van der Waals surface area (Å²) in [5.41, 5.74) is 0.0854. The van der Waals surface area contributed by atoms with Gasteiger partial charge in [0.25, 0.3) is 0 Å². The average Bonchev–Trinajstić information content (AvgIpc) is 2.29. The minimum Gasteiger partial charge on any atom is -0.477 e. The maximum absolute atomic E-state index is 11.5. The topological polar surface area (TPSA) is 70.2 Å². The fourth-order valence-corrected chi connectivity index (χ4v) is 1.66. The van der Waals surface area contributed by atoms with Crippen molar-refractivity contribution in [2.75, 3.05) is 0 Å². The molecule has 1 aromatic carbocycles. The highest BCUT2D eigenvalue weighted by atomic mass is 35.5. The Kier molecular flexibility index (Phi) is 2.97. The molecule has 0 amide bonds. The quantitative estimate of drug-likeness (QED) is 0.859. The van der Waals surface area contributed by atoms with Crippen LogP contribution in [0, 0.1) is 0 Å². The minimum absolute atomic E-state index is 0.269. The summed E-state index contributed by atoms with van der Waals surface area (Å²) in [5.74, 6) is -1.25. The van der Waals surface area contributed by atoms with E-state index in [1.165, 1.54) is 12.3 Å². The van der Waals surface area contributed by atoms with Crippen LogP contribution < -0.4 is 5.43 Å². The number of aromatic amines is 1. The second-order valence-corrected chi connectivity index (χ2v) is 3.84. The minimum atomic E-state index is -1.25. The Morgan fingerprint density at radius 1 is 1.18 bits per heavy atom. The number of H-pyrrole nitrogens is 1. The van der Waals surface area contributed by atoms with E-state index in [-0.39, 0.29) is 11.3 Å². The molecule has 0 fully saturated rings. The smallest absolute Gasteiger partial charge is 0.341 e. The number of hydrogen-bond acceptors (Lipinski definition) is 2. The van der Waals surface area contributed by atoms with Crippen LogP contribution in [0.4, 0.5) is 0 Å². The summed E-state index contributed by atoms with van der Waals surface area (Å²) in [6, 6.07) is 7.75. The molecule has 2 N–H and O–H groups in total. The highest BCUT2D eigenvalue weighted by Crippen LogP contribution is 2.21. The number of aromatic nitrogens is 1. The first-order valence-electron chi connectivity index (χ1n) is 4.80. The average molecular weight is 250 g/mol. The fourth-order valence-electron chi connectivity index (χ4n) is 1.54. The van der Waals surface area contributed by atoms with Crippen molar-refractivity contribution in [3.63, 3.8) is 0 Å². The number of carboxylic acids is 1. The molecule has 0 saturated heterocycles. The van der Waals surface area contributed by atoms with Gasteiger partial charge in [0.05, 0.1) is 5.69 Å². The Morgan fingerprint density at radius 3 is 2.41 bits per heavy atom. The molecule has 0 radical (unpaired) electrons. The van der Waals surface area contributed by atoms with Gasteiger partial charge in [0.2, 0.25) is 0 Å². The van der Waals surface area contributed by atoms with E-state index in [0.717, 1.165) is 0 Å². The highest BCUT2D eigenvalue weighted by molar-refractivity contribution is 6.30. The molecule has 2 aromatic rings. The van der Waals surface area contributed by atoms with Gasteiger partial charge < -0.3 is 10.1 Å². The number of carbonyl (C=O) groups is 1. The van der Waals surface area contributed by atoms with E-state index < -0.39 is 11.4 Å². The highest BCUT2D eigenvalue weighted by Gasteiger charge is 2.15. The third-order valence-electron chi connectivity index (χ3n) is 2.31. The molecule has 0 bridgehead atoms. The van der Waals surface area contributed by atoms with Gasteiger partial charge in [-0.15, -0.1) is 0 Å². The molecule has 86 valence electrons. The van der Waals surface area contributed by atoms with Gasteiger partial charge in [0.1, 0.15) is 5.56 Å². The number of pyridine rings is 1. The number of nitrogens with one attached hydrogen (secondary N) is 1. The third-order valence-corrected chi connectivity index (χ3v) is 2.56. The van der Waals surface area contributed by atoms with Crippen LogP contribution in [0.3, 0.4) is 0 Å². The summed E-state index contributed by atoms with van der Waals surface area (Å²) < 4.78 is 0. The lowest BCUT2D eigenvalue weighted by Crippen LogP contribution is -2.16. The van der Waals surface area contributed by atoms with Crippen molar-refractivity contribution in [3.05, 3.63) is 57.3 Å². The lowest BCUT2D eigenvalue weighted by atomic mass is 10.1. The second-order valence-electron chi connectivity index (χ2n) is 3.40.